The molecule has 1 aromatic rings. The number of aliphatic carboxylic acids is 1. The van der Waals surface area contributed by atoms with Gasteiger partial charge in [-0.2, -0.15) is 0 Å². The van der Waals surface area contributed by atoms with Crippen molar-refractivity contribution in [2.45, 2.75) is 46.1 Å². The predicted molar refractivity (Wildman–Crippen MR) is 80.4 cm³/mol. The number of ether oxygens (including phenoxy) is 1. The molecule has 0 aliphatic heterocycles. The van der Waals surface area contributed by atoms with Crippen LogP contribution >= 0.6 is 0 Å². The number of carboxylic acids is 1. The van der Waals surface area contributed by atoms with Crippen molar-refractivity contribution in [2.24, 2.45) is 0 Å². The van der Waals surface area contributed by atoms with Crippen molar-refractivity contribution in [3.05, 3.63) is 34.9 Å². The zero-order chi connectivity index (χ0) is 15.8. The zero-order valence-electron chi connectivity index (χ0n) is 12.8. The van der Waals surface area contributed by atoms with Crippen LogP contribution in [0, 0.1) is 13.8 Å². The minimum Gasteiger partial charge on any atom is -0.480 e. The van der Waals surface area contributed by atoms with Gasteiger partial charge in [0, 0.05) is 6.42 Å². The normalized spacial score (nSPS) is 11.8. The van der Waals surface area contributed by atoms with E-state index in [1.54, 1.807) is 0 Å². The second kappa shape index (κ2) is 8.29. The molecule has 1 atom stereocenters. The van der Waals surface area contributed by atoms with Crippen molar-refractivity contribution >= 4 is 12.1 Å². The van der Waals surface area contributed by atoms with E-state index in [9.17, 15) is 14.7 Å². The lowest BCUT2D eigenvalue weighted by molar-refractivity contribution is -0.139. The number of aryl methyl sites for hydroxylation is 2. The van der Waals surface area contributed by atoms with Gasteiger partial charge in [-0.1, -0.05) is 31.5 Å². The number of carbonyl (C=O) groups excluding carboxylic acids is 1. The quantitative estimate of drug-likeness (QED) is 0.758. The molecular formula is C16H23NO4. The summed E-state index contributed by atoms with van der Waals surface area (Å²) >= 11 is 0. The predicted octanol–water partition coefficient (Wildman–Crippen LogP) is 2.83. The van der Waals surface area contributed by atoms with Gasteiger partial charge in [0.2, 0.25) is 0 Å². The number of unbranched alkanes of at least 4 members (excludes halogenated alkanes) is 1. The second-order valence-corrected chi connectivity index (χ2v) is 5.10. The standard InChI is InChI=1S/C16H23NO4/c1-4-5-9-21-16(20)17-14(15(18)19)10-13-11(2)7-6-8-12(13)3/h6-8,14H,4-5,9-10H2,1-3H3,(H,17,20)(H,18,19)/t14-/m0/s1. The molecule has 0 radical (unpaired) electrons. The summed E-state index contributed by atoms with van der Waals surface area (Å²) < 4.78 is 4.95. The fraction of sp³-hybridized carbons (Fsp3) is 0.500. The van der Waals surface area contributed by atoms with Gasteiger partial charge in [0.1, 0.15) is 6.04 Å². The Kier molecular flexibility index (Phi) is 6.72. The zero-order valence-corrected chi connectivity index (χ0v) is 12.8. The van der Waals surface area contributed by atoms with Crippen molar-refractivity contribution < 1.29 is 19.4 Å². The molecule has 5 heteroatoms. The molecule has 1 rings (SSSR count). The van der Waals surface area contributed by atoms with Crippen LogP contribution in [0.1, 0.15) is 36.5 Å². The van der Waals surface area contributed by atoms with Crippen LogP contribution < -0.4 is 5.32 Å². The monoisotopic (exact) mass is 293 g/mol. The minimum absolute atomic E-state index is 0.247. The van der Waals surface area contributed by atoms with E-state index in [4.69, 9.17) is 4.74 Å². The SMILES string of the molecule is CCCCOC(=O)N[C@@H](Cc1c(C)cccc1C)C(=O)O. The summed E-state index contributed by atoms with van der Waals surface area (Å²) in [6, 6.07) is 4.80. The molecule has 0 fully saturated rings. The lowest BCUT2D eigenvalue weighted by Gasteiger charge is -2.17. The topological polar surface area (TPSA) is 75.6 Å². The molecule has 2 N–H and O–H groups in total. The van der Waals surface area contributed by atoms with Crippen molar-refractivity contribution in [3.63, 3.8) is 0 Å². The van der Waals surface area contributed by atoms with Gasteiger partial charge in [-0.15, -0.1) is 0 Å². The van der Waals surface area contributed by atoms with E-state index in [0.717, 1.165) is 29.5 Å². The Labute approximate surface area is 125 Å². The van der Waals surface area contributed by atoms with Crippen molar-refractivity contribution in [1.29, 1.82) is 0 Å². The van der Waals surface area contributed by atoms with E-state index in [0.29, 0.717) is 6.61 Å². The van der Waals surface area contributed by atoms with E-state index in [1.807, 2.05) is 39.0 Å². The van der Waals surface area contributed by atoms with Gasteiger partial charge in [0.15, 0.2) is 0 Å². The first-order chi connectivity index (χ1) is 9.95. The second-order valence-electron chi connectivity index (χ2n) is 5.10. The van der Waals surface area contributed by atoms with Crippen LogP contribution in [0.15, 0.2) is 18.2 Å². The Morgan fingerprint density at radius 3 is 2.43 bits per heavy atom. The van der Waals surface area contributed by atoms with Gasteiger partial charge in [-0.05, 0) is 37.0 Å². The molecule has 21 heavy (non-hydrogen) atoms. The van der Waals surface area contributed by atoms with Gasteiger partial charge in [0.05, 0.1) is 6.61 Å². The van der Waals surface area contributed by atoms with E-state index in [1.165, 1.54) is 0 Å². The Morgan fingerprint density at radius 1 is 1.29 bits per heavy atom. The van der Waals surface area contributed by atoms with Crippen LogP contribution in [0.4, 0.5) is 4.79 Å². The highest BCUT2D eigenvalue weighted by Crippen LogP contribution is 2.15. The molecule has 0 unspecified atom stereocenters. The molecule has 0 aliphatic rings. The molecule has 116 valence electrons. The van der Waals surface area contributed by atoms with Crippen LogP contribution in [0.2, 0.25) is 0 Å². The molecular weight excluding hydrogens is 270 g/mol. The molecule has 0 aromatic heterocycles. The van der Waals surface area contributed by atoms with Crippen molar-refractivity contribution in [1.82, 2.24) is 5.32 Å². The summed E-state index contributed by atoms with van der Waals surface area (Å²) in [6.07, 6.45) is 1.25. The fourth-order valence-electron chi connectivity index (χ4n) is 2.07. The summed E-state index contributed by atoms with van der Waals surface area (Å²) in [5, 5.41) is 11.7. The van der Waals surface area contributed by atoms with Gasteiger partial charge in [-0.25, -0.2) is 9.59 Å². The molecule has 0 aliphatic carbocycles. The molecule has 1 aromatic carbocycles. The Morgan fingerprint density at radius 2 is 1.90 bits per heavy atom. The molecule has 0 spiro atoms. The van der Waals surface area contributed by atoms with Crippen LogP contribution in [-0.2, 0) is 16.0 Å². The van der Waals surface area contributed by atoms with Crippen molar-refractivity contribution in [2.75, 3.05) is 6.61 Å². The Balaban J connectivity index is 2.70. The van der Waals surface area contributed by atoms with Crippen molar-refractivity contribution in [3.8, 4) is 0 Å². The molecule has 0 saturated heterocycles. The Hall–Kier alpha value is -2.04. The Bertz CT molecular complexity index is 479. The van der Waals surface area contributed by atoms with Gasteiger partial charge in [-0.3, -0.25) is 0 Å². The number of carbonyl (C=O) groups is 2. The molecule has 1 amide bonds. The summed E-state index contributed by atoms with van der Waals surface area (Å²) in [5.74, 6) is -1.06. The first-order valence-corrected chi connectivity index (χ1v) is 7.16. The largest absolute Gasteiger partial charge is 0.480 e. The number of carboxylic acid groups (broad SMARTS) is 1. The van der Waals surface area contributed by atoms with Gasteiger partial charge >= 0.3 is 12.1 Å². The molecule has 0 heterocycles. The summed E-state index contributed by atoms with van der Waals surface area (Å²) in [5.41, 5.74) is 2.98. The molecule has 5 nitrogen and oxygen atoms in total. The molecule has 0 saturated carbocycles. The average molecular weight is 293 g/mol. The third kappa shape index (κ3) is 5.45. The van der Waals surface area contributed by atoms with E-state index in [2.05, 4.69) is 5.32 Å². The van der Waals surface area contributed by atoms with Crippen LogP contribution in [-0.4, -0.2) is 29.8 Å². The van der Waals surface area contributed by atoms with Crippen LogP contribution in [0.3, 0.4) is 0 Å². The van der Waals surface area contributed by atoms with E-state index >= 15 is 0 Å². The number of alkyl carbamates (subject to hydrolysis) is 1. The van der Waals surface area contributed by atoms with Crippen LogP contribution in [0.5, 0.6) is 0 Å². The highest BCUT2D eigenvalue weighted by molar-refractivity contribution is 5.80. The lowest BCUT2D eigenvalue weighted by atomic mass is 9.96. The number of benzene rings is 1. The number of hydrogen-bond acceptors (Lipinski definition) is 3. The fourth-order valence-corrected chi connectivity index (χ4v) is 2.07. The average Bonchev–Trinajstić information content (AvgIpc) is 2.41. The molecule has 0 bridgehead atoms. The number of rotatable bonds is 7. The van der Waals surface area contributed by atoms with E-state index in [-0.39, 0.29) is 6.42 Å². The highest BCUT2D eigenvalue weighted by atomic mass is 16.5. The third-order valence-electron chi connectivity index (χ3n) is 3.37. The smallest absolute Gasteiger partial charge is 0.407 e. The first kappa shape index (κ1) is 17.0. The third-order valence-corrected chi connectivity index (χ3v) is 3.37. The number of nitrogens with one attached hydrogen (secondary N) is 1. The maximum atomic E-state index is 11.6. The first-order valence-electron chi connectivity index (χ1n) is 7.16. The number of hydrogen-bond donors (Lipinski definition) is 2. The maximum absolute atomic E-state index is 11.6. The minimum atomic E-state index is -1.06. The lowest BCUT2D eigenvalue weighted by Crippen LogP contribution is -2.42. The number of amides is 1. The van der Waals surface area contributed by atoms with Crippen LogP contribution in [0.25, 0.3) is 0 Å². The van der Waals surface area contributed by atoms with Gasteiger partial charge < -0.3 is 15.2 Å². The maximum Gasteiger partial charge on any atom is 0.407 e. The summed E-state index contributed by atoms with van der Waals surface area (Å²) in [4.78, 5) is 22.9. The summed E-state index contributed by atoms with van der Waals surface area (Å²) in [6.45, 7) is 6.15. The van der Waals surface area contributed by atoms with Gasteiger partial charge in [0.25, 0.3) is 0 Å². The highest BCUT2D eigenvalue weighted by Gasteiger charge is 2.22. The van der Waals surface area contributed by atoms with E-state index < -0.39 is 18.1 Å². The summed E-state index contributed by atoms with van der Waals surface area (Å²) in [7, 11) is 0.